The van der Waals surface area contributed by atoms with E-state index in [4.69, 9.17) is 9.90 Å². The molecule has 0 radical (unpaired) electrons. The number of carbonyl (C=O) groups is 1. The minimum absolute atomic E-state index is 1.05. The molecular weight excluding hydrogens is 317 g/mol. The van der Waals surface area contributed by atoms with Gasteiger partial charge in [0, 0.05) is 12.4 Å². The number of alkyl halides is 3. The largest absolute Gasteiger partial charge is 0.542 e. The number of halogens is 3. The van der Waals surface area contributed by atoms with E-state index in [0.29, 0.717) is 0 Å². The number of carboxylic acid groups (broad SMARTS) is 1. The minimum Gasteiger partial charge on any atom is -0.542 e. The Balaban J connectivity index is 0.000000270. The molecule has 21 heavy (non-hydrogen) atoms. The third-order valence-corrected chi connectivity index (χ3v) is 3.49. The molecule has 2 aromatic rings. The lowest BCUT2D eigenvalue weighted by Gasteiger charge is -2.03. The summed E-state index contributed by atoms with van der Waals surface area (Å²) in [6, 6.07) is 0. The first-order valence-electron chi connectivity index (χ1n) is 5.10. The van der Waals surface area contributed by atoms with Gasteiger partial charge < -0.3 is 9.90 Å². The maximum atomic E-state index is 11.8. The van der Waals surface area contributed by atoms with Crippen molar-refractivity contribution in [1.29, 1.82) is 0 Å². The van der Waals surface area contributed by atoms with Gasteiger partial charge in [0.1, 0.15) is 24.7 Å². The Hall–Kier alpha value is -2.37. The third kappa shape index (κ3) is 4.30. The van der Waals surface area contributed by atoms with E-state index in [2.05, 4.69) is 4.98 Å². The van der Waals surface area contributed by atoms with Crippen molar-refractivity contribution in [3.63, 3.8) is 0 Å². The lowest BCUT2D eigenvalue weighted by molar-refractivity contribution is -0.670. The molecule has 0 unspecified atom stereocenters. The van der Waals surface area contributed by atoms with Gasteiger partial charge in [-0.1, -0.05) is 0 Å². The van der Waals surface area contributed by atoms with Gasteiger partial charge in [0.25, 0.3) is 6.33 Å². The molecule has 0 saturated carbocycles. The molecule has 0 aliphatic heterocycles. The number of imidazole rings is 2. The molecular formula is C9H9F3N4O4S. The highest BCUT2D eigenvalue weighted by Crippen LogP contribution is 2.11. The van der Waals surface area contributed by atoms with Gasteiger partial charge in [0.15, 0.2) is 0 Å². The van der Waals surface area contributed by atoms with Crippen LogP contribution in [0.15, 0.2) is 37.4 Å². The fourth-order valence-electron chi connectivity index (χ4n) is 1.06. The van der Waals surface area contributed by atoms with E-state index in [-0.39, 0.29) is 0 Å². The summed E-state index contributed by atoms with van der Waals surface area (Å²) >= 11 is 0. The Morgan fingerprint density at radius 2 is 1.86 bits per heavy atom. The fourth-order valence-corrected chi connectivity index (χ4v) is 2.13. The van der Waals surface area contributed by atoms with Crippen molar-refractivity contribution in [3.8, 4) is 0 Å². The maximum Gasteiger partial charge on any atom is 0.430 e. The van der Waals surface area contributed by atoms with Crippen LogP contribution >= 0.6 is 0 Å². The number of hydrogen-bond acceptors (Lipinski definition) is 5. The van der Waals surface area contributed by atoms with Crippen molar-refractivity contribution >= 4 is 16.2 Å². The van der Waals surface area contributed by atoms with Crippen LogP contribution in [0.2, 0.25) is 0 Å². The second kappa shape index (κ2) is 5.95. The van der Waals surface area contributed by atoms with E-state index in [1.165, 1.54) is 31.2 Å². The third-order valence-electron chi connectivity index (χ3n) is 1.99. The second-order valence-electron chi connectivity index (χ2n) is 3.59. The van der Waals surface area contributed by atoms with E-state index < -0.39 is 22.4 Å². The lowest BCUT2D eigenvalue weighted by atomic mass is 10.7. The zero-order valence-electron chi connectivity index (χ0n) is 10.4. The van der Waals surface area contributed by atoms with Crippen LogP contribution in [0, 0.1) is 0 Å². The summed E-state index contributed by atoms with van der Waals surface area (Å²) < 4.78 is 58.9. The number of carboxylic acids is 1. The zero-order valence-corrected chi connectivity index (χ0v) is 11.2. The second-order valence-corrected chi connectivity index (χ2v) is 5.33. The highest BCUT2D eigenvalue weighted by atomic mass is 32.2. The number of nitrogens with zero attached hydrogens (tertiary/aromatic N) is 4. The molecule has 0 N–H and O–H groups in total. The predicted octanol–water partition coefficient (Wildman–Crippen LogP) is -1.55. The average Bonchev–Trinajstić information content (AvgIpc) is 2.98. The number of aryl methyl sites for hydroxylation is 1. The van der Waals surface area contributed by atoms with Gasteiger partial charge in [-0.15, -0.1) is 3.97 Å². The molecule has 2 rings (SSSR count). The van der Waals surface area contributed by atoms with Gasteiger partial charge in [-0.05, 0) is 0 Å². The Morgan fingerprint density at radius 1 is 1.29 bits per heavy atom. The van der Waals surface area contributed by atoms with Crippen LogP contribution in [0.1, 0.15) is 0 Å². The van der Waals surface area contributed by atoms with Gasteiger partial charge in [0.2, 0.25) is 0 Å². The van der Waals surface area contributed by atoms with Crippen LogP contribution in [0.25, 0.3) is 0 Å². The topological polar surface area (TPSA) is 101 Å². The van der Waals surface area contributed by atoms with Gasteiger partial charge in [-0.2, -0.15) is 25.6 Å². The van der Waals surface area contributed by atoms with Crippen molar-refractivity contribution in [2.24, 2.45) is 7.05 Å². The smallest absolute Gasteiger partial charge is 0.430 e. The Labute approximate surface area is 116 Å². The van der Waals surface area contributed by atoms with Gasteiger partial charge in [0.05, 0.1) is 7.05 Å². The standard InChI is InChI=1S/C7H9N4O2S.C2HF3O2/c1-9-4-5-11(7-9)14(12,13)10-3-2-8-6-10;3-2(4,5)1(6)7/h2-7H,1H3;(H,6,7)/q+1;/p-1. The zero-order chi connectivity index (χ0) is 16.3. The summed E-state index contributed by atoms with van der Waals surface area (Å²) in [7, 11) is -1.77. The quantitative estimate of drug-likeness (QED) is 0.622. The molecule has 0 aromatic carbocycles. The van der Waals surface area contributed by atoms with Crippen molar-refractivity contribution in [2.75, 3.05) is 0 Å². The Kier molecular flexibility index (Phi) is 4.73. The van der Waals surface area contributed by atoms with E-state index in [1.807, 2.05) is 0 Å². The predicted molar refractivity (Wildman–Crippen MR) is 58.6 cm³/mol. The van der Waals surface area contributed by atoms with E-state index >= 15 is 0 Å². The van der Waals surface area contributed by atoms with Crippen molar-refractivity contribution in [3.05, 3.63) is 37.4 Å². The molecule has 2 aromatic heterocycles. The molecule has 0 saturated heterocycles. The number of hydrogen-bond donors (Lipinski definition) is 0. The molecule has 0 aliphatic carbocycles. The molecule has 0 aliphatic rings. The number of carbonyl (C=O) groups excluding carboxylic acids is 1. The summed E-state index contributed by atoms with van der Waals surface area (Å²) in [4.78, 5) is 12.5. The summed E-state index contributed by atoms with van der Waals surface area (Å²) in [5, 5.41) is 8.78. The van der Waals surface area contributed by atoms with Crippen molar-refractivity contribution in [1.82, 2.24) is 12.9 Å². The molecule has 0 fully saturated rings. The molecule has 0 amide bonds. The molecule has 8 nitrogen and oxygen atoms in total. The van der Waals surface area contributed by atoms with Crippen LogP contribution < -0.4 is 9.67 Å². The normalized spacial score (nSPS) is 11.6. The van der Waals surface area contributed by atoms with Crippen molar-refractivity contribution < 1.29 is 36.1 Å². The summed E-state index contributed by atoms with van der Waals surface area (Å²) in [6.07, 6.45) is 3.44. The maximum absolute atomic E-state index is 11.8. The van der Waals surface area contributed by atoms with Crippen LogP contribution in [0.3, 0.4) is 0 Å². The Bertz CT molecular complexity index is 706. The minimum atomic E-state index is -5.19. The molecule has 0 atom stereocenters. The number of rotatable bonds is 2. The SMILES string of the molecule is C[n+]1ccn(S(=O)(=O)n2ccnc2)c1.O=C([O-])C(F)(F)F. The molecule has 116 valence electrons. The first-order chi connectivity index (χ1) is 9.55. The average molecular weight is 326 g/mol. The molecule has 0 spiro atoms. The highest BCUT2D eigenvalue weighted by molar-refractivity contribution is 7.88. The first-order valence-corrected chi connectivity index (χ1v) is 6.50. The summed E-state index contributed by atoms with van der Waals surface area (Å²) in [6.45, 7) is 0. The monoisotopic (exact) mass is 326 g/mol. The highest BCUT2D eigenvalue weighted by Gasteiger charge is 2.28. The molecule has 12 heteroatoms. The van der Waals surface area contributed by atoms with E-state index in [0.717, 1.165) is 7.94 Å². The lowest BCUT2D eigenvalue weighted by Crippen LogP contribution is -2.37. The van der Waals surface area contributed by atoms with Gasteiger partial charge in [-0.25, -0.2) is 9.55 Å². The van der Waals surface area contributed by atoms with Gasteiger partial charge in [-0.3, -0.25) is 0 Å². The van der Waals surface area contributed by atoms with E-state index in [1.54, 1.807) is 17.8 Å². The molecule has 0 bridgehead atoms. The van der Waals surface area contributed by atoms with Crippen LogP contribution in [-0.2, 0) is 22.1 Å². The van der Waals surface area contributed by atoms with Crippen molar-refractivity contribution in [2.45, 2.75) is 6.18 Å². The van der Waals surface area contributed by atoms with Crippen LogP contribution in [0.4, 0.5) is 13.2 Å². The van der Waals surface area contributed by atoms with Gasteiger partial charge >= 0.3 is 16.4 Å². The number of aliphatic carboxylic acids is 1. The summed E-state index contributed by atoms with van der Waals surface area (Å²) in [5.41, 5.74) is 0. The fraction of sp³-hybridized carbons (Fsp3) is 0.222. The van der Waals surface area contributed by atoms with Crippen LogP contribution in [0.5, 0.6) is 0 Å². The first kappa shape index (κ1) is 16.7. The van der Waals surface area contributed by atoms with E-state index in [9.17, 15) is 21.6 Å². The number of aromatic nitrogens is 4. The summed E-state index contributed by atoms with van der Waals surface area (Å²) in [5.74, 6) is -3.01. The van der Waals surface area contributed by atoms with Crippen LogP contribution in [-0.4, -0.2) is 33.5 Å². The Morgan fingerprint density at radius 3 is 2.19 bits per heavy atom. The molecule has 2 heterocycles.